The van der Waals surface area contributed by atoms with Gasteiger partial charge in [0, 0.05) is 11.4 Å². The van der Waals surface area contributed by atoms with Gasteiger partial charge in [-0.1, -0.05) is 54.1 Å². The average molecular weight is 599 g/mol. The van der Waals surface area contributed by atoms with E-state index in [4.69, 9.17) is 26.2 Å². The first-order chi connectivity index (χ1) is 18.3. The molecule has 1 aliphatic rings. The Morgan fingerprint density at radius 1 is 1.16 bits per heavy atom. The van der Waals surface area contributed by atoms with Crippen LogP contribution in [0.15, 0.2) is 77.3 Å². The Hall–Kier alpha value is -4.02. The van der Waals surface area contributed by atoms with Gasteiger partial charge >= 0.3 is 5.97 Å². The molecule has 2 aromatic heterocycles. The number of nitrogens with one attached hydrogen (secondary N) is 1. The number of carbonyl (C=O) groups excluding carboxylic acids is 1. The molecule has 1 atom stereocenters. The van der Waals surface area contributed by atoms with Crippen LogP contribution in [0.4, 0.5) is 0 Å². The van der Waals surface area contributed by atoms with Crippen LogP contribution in [-0.2, 0) is 20.7 Å². The molecule has 0 saturated carbocycles. The van der Waals surface area contributed by atoms with Crippen molar-refractivity contribution in [1.82, 2.24) is 14.9 Å². The Morgan fingerprint density at radius 3 is 2.55 bits per heavy atom. The summed E-state index contributed by atoms with van der Waals surface area (Å²) in [5.41, 5.74) is 2.74. The number of ether oxygens (including phenoxy) is 2. The number of nitrogens with zero attached hydrogens (tertiary/aromatic N) is 2. The van der Waals surface area contributed by atoms with Crippen LogP contribution in [-0.4, -0.2) is 45.0 Å². The molecule has 1 aliphatic heterocycles. The molecule has 4 aromatic rings. The molecule has 1 amide bonds. The van der Waals surface area contributed by atoms with Gasteiger partial charge in [-0.3, -0.25) is 9.59 Å². The number of fused-ring (bicyclic) bond motifs is 1. The molecule has 0 radical (unpaired) electrons. The molecule has 2 aromatic carbocycles. The highest BCUT2D eigenvalue weighted by molar-refractivity contribution is 9.10. The first kappa shape index (κ1) is 25.6. The minimum atomic E-state index is -1.22. The number of rotatable bonds is 8. The lowest BCUT2D eigenvalue weighted by atomic mass is 10.0. The molecule has 0 fully saturated rings. The van der Waals surface area contributed by atoms with Crippen molar-refractivity contribution in [2.45, 2.75) is 12.5 Å². The lowest BCUT2D eigenvalue weighted by Gasteiger charge is -2.23. The van der Waals surface area contributed by atoms with E-state index in [1.165, 1.54) is 6.20 Å². The van der Waals surface area contributed by atoms with E-state index in [1.54, 1.807) is 18.4 Å². The molecule has 0 spiro atoms. The minimum absolute atomic E-state index is 0.0780. The molecule has 194 valence electrons. The molecule has 0 saturated heterocycles. The van der Waals surface area contributed by atoms with E-state index in [0.717, 1.165) is 11.1 Å². The van der Waals surface area contributed by atoms with Gasteiger partial charge < -0.3 is 29.6 Å². The standard InChI is InChI=1S/C27H21BrClN3O6/c28-23-22-19(11-30-24(26(22)35)27(36)31-12-21(33)34)32(25(23)16-6-8-17(29)9-7-16)18(20-13-37-14-38-20)10-15-4-2-1-3-5-15/h1-9,11,13,18,35H,10,12,14H2,(H,31,36)(H,33,34). The molecular weight excluding hydrogens is 578 g/mol. The molecule has 38 heavy (non-hydrogen) atoms. The summed E-state index contributed by atoms with van der Waals surface area (Å²) in [6.45, 7) is -0.532. The normalized spacial score (nSPS) is 13.5. The number of carboxylic acids is 1. The molecule has 5 rings (SSSR count). The summed E-state index contributed by atoms with van der Waals surface area (Å²) in [6, 6.07) is 16.7. The fraction of sp³-hybridized carbons (Fsp3) is 0.148. The Kier molecular flexibility index (Phi) is 7.26. The van der Waals surface area contributed by atoms with Crippen LogP contribution in [0.2, 0.25) is 5.02 Å². The van der Waals surface area contributed by atoms with Crippen molar-refractivity contribution in [3.05, 3.63) is 93.6 Å². The monoisotopic (exact) mass is 597 g/mol. The van der Waals surface area contributed by atoms with Crippen LogP contribution in [0.25, 0.3) is 22.2 Å². The van der Waals surface area contributed by atoms with Crippen LogP contribution in [0.5, 0.6) is 5.75 Å². The van der Waals surface area contributed by atoms with E-state index in [-0.39, 0.29) is 18.2 Å². The van der Waals surface area contributed by atoms with Crippen LogP contribution < -0.4 is 5.32 Å². The second kappa shape index (κ2) is 10.8. The van der Waals surface area contributed by atoms with Gasteiger partial charge in [-0.05, 0) is 39.2 Å². The van der Waals surface area contributed by atoms with Crippen LogP contribution >= 0.6 is 27.5 Å². The molecule has 1 unspecified atom stereocenters. The average Bonchev–Trinajstić information content (AvgIpc) is 3.54. The maximum absolute atomic E-state index is 12.6. The maximum atomic E-state index is 12.6. The van der Waals surface area contributed by atoms with Crippen molar-refractivity contribution in [2.75, 3.05) is 13.3 Å². The summed E-state index contributed by atoms with van der Waals surface area (Å²) >= 11 is 9.82. The summed E-state index contributed by atoms with van der Waals surface area (Å²) in [7, 11) is 0. The zero-order valence-corrected chi connectivity index (χ0v) is 22.1. The third kappa shape index (κ3) is 4.92. The highest BCUT2D eigenvalue weighted by Gasteiger charge is 2.31. The highest BCUT2D eigenvalue weighted by Crippen LogP contribution is 2.46. The lowest BCUT2D eigenvalue weighted by molar-refractivity contribution is -0.135. The quantitative estimate of drug-likeness (QED) is 0.253. The number of aromatic nitrogens is 2. The minimum Gasteiger partial charge on any atom is -0.505 e. The van der Waals surface area contributed by atoms with Gasteiger partial charge in [0.15, 0.2) is 17.2 Å². The van der Waals surface area contributed by atoms with Crippen molar-refractivity contribution in [3.8, 4) is 17.0 Å². The van der Waals surface area contributed by atoms with E-state index >= 15 is 0 Å². The smallest absolute Gasteiger partial charge is 0.322 e. The number of allylic oxidation sites excluding steroid dienone is 1. The van der Waals surface area contributed by atoms with E-state index in [9.17, 15) is 14.7 Å². The summed E-state index contributed by atoms with van der Waals surface area (Å²) < 4.78 is 13.7. The fourth-order valence-corrected chi connectivity index (χ4v) is 5.36. The molecule has 0 aliphatic carbocycles. The van der Waals surface area contributed by atoms with E-state index < -0.39 is 24.5 Å². The molecule has 9 nitrogen and oxygen atoms in total. The number of hydrogen-bond donors (Lipinski definition) is 3. The first-order valence-electron chi connectivity index (χ1n) is 11.5. The number of aliphatic carboxylic acids is 1. The van der Waals surface area contributed by atoms with Gasteiger partial charge in [-0.25, -0.2) is 4.98 Å². The predicted molar refractivity (Wildman–Crippen MR) is 144 cm³/mol. The Morgan fingerprint density at radius 2 is 1.89 bits per heavy atom. The molecule has 3 heterocycles. The number of amides is 1. The number of benzene rings is 2. The second-order valence-corrected chi connectivity index (χ2v) is 9.72. The van der Waals surface area contributed by atoms with E-state index in [0.29, 0.717) is 38.3 Å². The molecular formula is C27H21BrClN3O6. The summed E-state index contributed by atoms with van der Waals surface area (Å²) in [5.74, 6) is -1.83. The van der Waals surface area contributed by atoms with Gasteiger partial charge in [0.05, 0.1) is 33.3 Å². The number of hydrogen-bond acceptors (Lipinski definition) is 6. The van der Waals surface area contributed by atoms with Crippen molar-refractivity contribution < 1.29 is 29.3 Å². The number of halogens is 2. The van der Waals surface area contributed by atoms with Gasteiger partial charge in [0.2, 0.25) is 6.79 Å². The van der Waals surface area contributed by atoms with Crippen molar-refractivity contribution in [2.24, 2.45) is 0 Å². The van der Waals surface area contributed by atoms with Gasteiger partial charge in [-0.15, -0.1) is 0 Å². The summed E-state index contributed by atoms with van der Waals surface area (Å²) in [6.07, 6.45) is 3.57. The topological polar surface area (TPSA) is 123 Å². The lowest BCUT2D eigenvalue weighted by Crippen LogP contribution is -2.29. The van der Waals surface area contributed by atoms with Crippen molar-refractivity contribution >= 4 is 50.3 Å². The third-order valence-electron chi connectivity index (χ3n) is 6.10. The molecule has 0 bridgehead atoms. The Balaban J connectivity index is 1.75. The number of pyridine rings is 1. The Bertz CT molecular complexity index is 1550. The fourth-order valence-electron chi connectivity index (χ4n) is 4.42. The number of carboxylic acid groups (broad SMARTS) is 1. The molecule has 3 N–H and O–H groups in total. The first-order valence-corrected chi connectivity index (χ1v) is 12.7. The Labute approximate surface area is 230 Å². The van der Waals surface area contributed by atoms with E-state index in [2.05, 4.69) is 26.2 Å². The van der Waals surface area contributed by atoms with Gasteiger partial charge in [0.25, 0.3) is 5.91 Å². The molecule has 11 heteroatoms. The maximum Gasteiger partial charge on any atom is 0.322 e. The van der Waals surface area contributed by atoms with Gasteiger partial charge in [-0.2, -0.15) is 0 Å². The predicted octanol–water partition coefficient (Wildman–Crippen LogP) is 5.27. The summed E-state index contributed by atoms with van der Waals surface area (Å²) in [4.78, 5) is 27.8. The van der Waals surface area contributed by atoms with E-state index in [1.807, 2.05) is 47.0 Å². The zero-order valence-electron chi connectivity index (χ0n) is 19.7. The van der Waals surface area contributed by atoms with Gasteiger partial charge in [0.1, 0.15) is 12.8 Å². The summed E-state index contributed by atoms with van der Waals surface area (Å²) in [5, 5.41) is 23.3. The largest absolute Gasteiger partial charge is 0.505 e. The highest BCUT2D eigenvalue weighted by atomic mass is 79.9. The van der Waals surface area contributed by atoms with Crippen molar-refractivity contribution in [1.29, 1.82) is 0 Å². The zero-order chi connectivity index (χ0) is 26.8. The second-order valence-electron chi connectivity index (χ2n) is 8.49. The SMILES string of the molecule is O=C(O)CNC(=O)c1ncc2c(c1O)c(Br)c(-c1ccc(Cl)cc1)n2C(Cc1ccccc1)C1=COCO1. The third-order valence-corrected chi connectivity index (χ3v) is 7.12. The van der Waals surface area contributed by atoms with Crippen LogP contribution in [0, 0.1) is 0 Å². The van der Waals surface area contributed by atoms with Crippen molar-refractivity contribution in [3.63, 3.8) is 0 Å². The van der Waals surface area contributed by atoms with Crippen LogP contribution in [0.1, 0.15) is 22.1 Å². The number of carbonyl (C=O) groups is 2. The number of aromatic hydroxyl groups is 1. The van der Waals surface area contributed by atoms with Crippen LogP contribution in [0.3, 0.4) is 0 Å².